The molecule has 0 aliphatic carbocycles. The molecule has 1 aromatic rings. The highest BCUT2D eigenvalue weighted by Crippen LogP contribution is 2.23. The molecule has 92 valence electrons. The first-order valence-corrected chi connectivity index (χ1v) is 5.77. The largest absolute Gasteiger partial charge is 0.465 e. The molecule has 1 unspecified atom stereocenters. The zero-order valence-corrected chi connectivity index (χ0v) is 9.93. The molecule has 2 N–H and O–H groups in total. The zero-order chi connectivity index (χ0) is 12.3. The highest BCUT2D eigenvalue weighted by molar-refractivity contribution is 5.90. The number of nitrogens with two attached hydrogens (primary N) is 1. The van der Waals surface area contributed by atoms with Gasteiger partial charge in [0, 0.05) is 25.3 Å². The monoisotopic (exact) mass is 235 g/mol. The number of aromatic nitrogens is 1. The Morgan fingerprint density at radius 1 is 1.71 bits per heavy atom. The molecule has 1 saturated heterocycles. The molecule has 1 fully saturated rings. The molecule has 1 aliphatic rings. The molecular weight excluding hydrogens is 218 g/mol. The Labute approximate surface area is 101 Å². The Balaban J connectivity index is 2.23. The van der Waals surface area contributed by atoms with Crippen molar-refractivity contribution in [3.8, 4) is 0 Å². The number of rotatable bonds is 3. The fourth-order valence-electron chi connectivity index (χ4n) is 2.20. The first-order chi connectivity index (χ1) is 8.26. The molecule has 1 atom stereocenters. The maximum Gasteiger partial charge on any atom is 0.338 e. The van der Waals surface area contributed by atoms with Crippen LogP contribution in [0.15, 0.2) is 18.3 Å². The Morgan fingerprint density at radius 2 is 2.53 bits per heavy atom. The average Bonchev–Trinajstić information content (AvgIpc) is 2.86. The van der Waals surface area contributed by atoms with Crippen molar-refractivity contribution in [1.29, 1.82) is 0 Å². The first kappa shape index (κ1) is 11.9. The number of anilines is 1. The second-order valence-corrected chi connectivity index (χ2v) is 4.12. The third kappa shape index (κ3) is 2.39. The normalized spacial score (nSPS) is 19.4. The zero-order valence-electron chi connectivity index (χ0n) is 9.93. The van der Waals surface area contributed by atoms with Crippen LogP contribution in [0.1, 0.15) is 23.2 Å². The van der Waals surface area contributed by atoms with Crippen molar-refractivity contribution in [3.05, 3.63) is 23.9 Å². The Kier molecular flexibility index (Phi) is 3.58. The van der Waals surface area contributed by atoms with E-state index >= 15 is 0 Å². The molecule has 0 spiro atoms. The van der Waals surface area contributed by atoms with Crippen molar-refractivity contribution in [2.24, 2.45) is 5.73 Å². The summed E-state index contributed by atoms with van der Waals surface area (Å²) in [6.07, 6.45) is 3.83. The first-order valence-electron chi connectivity index (χ1n) is 5.77. The van der Waals surface area contributed by atoms with E-state index in [0.717, 1.165) is 25.2 Å². The minimum absolute atomic E-state index is 0.329. The summed E-state index contributed by atoms with van der Waals surface area (Å²) in [4.78, 5) is 17.9. The average molecular weight is 235 g/mol. The van der Waals surface area contributed by atoms with E-state index in [1.807, 2.05) is 0 Å². The van der Waals surface area contributed by atoms with Crippen LogP contribution in [0.25, 0.3) is 0 Å². The molecule has 1 aromatic heterocycles. The van der Waals surface area contributed by atoms with Crippen molar-refractivity contribution in [2.45, 2.75) is 18.9 Å². The lowest BCUT2D eigenvalue weighted by molar-refractivity contribution is 0.0600. The maximum absolute atomic E-state index is 11.4. The third-order valence-corrected chi connectivity index (χ3v) is 3.11. The van der Waals surface area contributed by atoms with Gasteiger partial charge in [0.1, 0.15) is 5.82 Å². The summed E-state index contributed by atoms with van der Waals surface area (Å²) in [6, 6.07) is 3.75. The SMILES string of the molecule is COC(=O)c1ccnc(N2CCCC2CN)c1. The Bertz CT molecular complexity index is 408. The lowest BCUT2D eigenvalue weighted by Gasteiger charge is -2.24. The van der Waals surface area contributed by atoms with Crippen LogP contribution in [0, 0.1) is 0 Å². The van der Waals surface area contributed by atoms with Gasteiger partial charge in [0.05, 0.1) is 12.7 Å². The van der Waals surface area contributed by atoms with Crippen molar-refractivity contribution < 1.29 is 9.53 Å². The van der Waals surface area contributed by atoms with Crippen LogP contribution < -0.4 is 10.6 Å². The minimum atomic E-state index is -0.336. The second kappa shape index (κ2) is 5.14. The summed E-state index contributed by atoms with van der Waals surface area (Å²) in [5, 5.41) is 0. The van der Waals surface area contributed by atoms with E-state index in [-0.39, 0.29) is 5.97 Å². The van der Waals surface area contributed by atoms with Gasteiger partial charge in [0.15, 0.2) is 0 Å². The van der Waals surface area contributed by atoms with Crippen LogP contribution in [0.5, 0.6) is 0 Å². The number of esters is 1. The van der Waals surface area contributed by atoms with Gasteiger partial charge in [-0.05, 0) is 25.0 Å². The smallest absolute Gasteiger partial charge is 0.338 e. The molecule has 1 aliphatic heterocycles. The summed E-state index contributed by atoms with van der Waals surface area (Å²) >= 11 is 0. The van der Waals surface area contributed by atoms with Crippen LogP contribution >= 0.6 is 0 Å². The summed E-state index contributed by atoms with van der Waals surface area (Å²) in [5.74, 6) is 0.470. The second-order valence-electron chi connectivity index (χ2n) is 4.12. The third-order valence-electron chi connectivity index (χ3n) is 3.11. The number of carbonyl (C=O) groups is 1. The predicted molar refractivity (Wildman–Crippen MR) is 65.0 cm³/mol. The molecule has 0 radical (unpaired) electrons. The molecule has 0 saturated carbocycles. The number of ether oxygens (including phenoxy) is 1. The molecule has 2 rings (SSSR count). The van der Waals surface area contributed by atoms with Crippen molar-refractivity contribution in [3.63, 3.8) is 0 Å². The van der Waals surface area contributed by atoms with Gasteiger partial charge < -0.3 is 15.4 Å². The minimum Gasteiger partial charge on any atom is -0.465 e. The van der Waals surface area contributed by atoms with Gasteiger partial charge in [0.25, 0.3) is 0 Å². The maximum atomic E-state index is 11.4. The van der Waals surface area contributed by atoms with E-state index in [1.54, 1.807) is 18.3 Å². The molecule has 17 heavy (non-hydrogen) atoms. The number of methoxy groups -OCH3 is 1. The van der Waals surface area contributed by atoms with Crippen molar-refractivity contribution in [2.75, 3.05) is 25.1 Å². The quantitative estimate of drug-likeness (QED) is 0.785. The van der Waals surface area contributed by atoms with E-state index in [2.05, 4.69) is 9.88 Å². The summed E-state index contributed by atoms with van der Waals surface area (Å²) in [7, 11) is 1.38. The highest BCUT2D eigenvalue weighted by atomic mass is 16.5. The summed E-state index contributed by atoms with van der Waals surface area (Å²) in [5.41, 5.74) is 6.25. The van der Waals surface area contributed by atoms with Crippen LogP contribution in [0.3, 0.4) is 0 Å². The predicted octanol–water partition coefficient (Wildman–Crippen LogP) is 0.796. The molecule has 0 aromatic carbocycles. The fraction of sp³-hybridized carbons (Fsp3) is 0.500. The van der Waals surface area contributed by atoms with Gasteiger partial charge >= 0.3 is 5.97 Å². The molecule has 0 amide bonds. The summed E-state index contributed by atoms with van der Waals surface area (Å²) in [6.45, 7) is 1.56. The topological polar surface area (TPSA) is 68.5 Å². The van der Waals surface area contributed by atoms with Gasteiger partial charge in [-0.15, -0.1) is 0 Å². The van der Waals surface area contributed by atoms with Gasteiger partial charge in [-0.1, -0.05) is 0 Å². The van der Waals surface area contributed by atoms with Gasteiger partial charge in [0.2, 0.25) is 0 Å². The van der Waals surface area contributed by atoms with Crippen LogP contribution in [-0.2, 0) is 4.74 Å². The number of hydrogen-bond donors (Lipinski definition) is 1. The van der Waals surface area contributed by atoms with E-state index in [9.17, 15) is 4.79 Å². The van der Waals surface area contributed by atoms with Gasteiger partial charge in [-0.25, -0.2) is 9.78 Å². The standard InChI is InChI=1S/C12H17N3O2/c1-17-12(16)9-4-5-14-11(7-9)15-6-2-3-10(15)8-13/h4-5,7,10H,2-3,6,8,13H2,1H3. The molecule has 5 nitrogen and oxygen atoms in total. The Morgan fingerprint density at radius 3 is 3.24 bits per heavy atom. The van der Waals surface area contributed by atoms with E-state index in [0.29, 0.717) is 18.2 Å². The molecule has 2 heterocycles. The highest BCUT2D eigenvalue weighted by Gasteiger charge is 2.24. The summed E-state index contributed by atoms with van der Waals surface area (Å²) < 4.78 is 4.70. The number of pyridine rings is 1. The van der Waals surface area contributed by atoms with Crippen molar-refractivity contribution >= 4 is 11.8 Å². The lowest BCUT2D eigenvalue weighted by Crippen LogP contribution is -2.36. The number of nitrogens with zero attached hydrogens (tertiary/aromatic N) is 2. The van der Waals surface area contributed by atoms with Crippen LogP contribution in [-0.4, -0.2) is 37.2 Å². The Hall–Kier alpha value is -1.62. The lowest BCUT2D eigenvalue weighted by atomic mass is 10.2. The number of hydrogen-bond acceptors (Lipinski definition) is 5. The molecular formula is C12H17N3O2. The van der Waals surface area contributed by atoms with Gasteiger partial charge in [-0.2, -0.15) is 0 Å². The van der Waals surface area contributed by atoms with E-state index < -0.39 is 0 Å². The van der Waals surface area contributed by atoms with E-state index in [1.165, 1.54) is 7.11 Å². The van der Waals surface area contributed by atoms with Crippen molar-refractivity contribution in [1.82, 2.24) is 4.98 Å². The fourth-order valence-corrected chi connectivity index (χ4v) is 2.20. The van der Waals surface area contributed by atoms with Crippen LogP contribution in [0.2, 0.25) is 0 Å². The molecule has 5 heteroatoms. The van der Waals surface area contributed by atoms with Crippen LogP contribution in [0.4, 0.5) is 5.82 Å². The number of carbonyl (C=O) groups excluding carboxylic acids is 1. The molecule has 0 bridgehead atoms. The van der Waals surface area contributed by atoms with Gasteiger partial charge in [-0.3, -0.25) is 0 Å². The van der Waals surface area contributed by atoms with E-state index in [4.69, 9.17) is 10.5 Å².